The highest BCUT2D eigenvalue weighted by Gasteiger charge is 2.50. The fourth-order valence-corrected chi connectivity index (χ4v) is 11.6. The number of rotatable bonds is 29. The van der Waals surface area contributed by atoms with Gasteiger partial charge >= 0.3 is 35.4 Å². The number of hydrogen-bond donors (Lipinski definition) is 14. The minimum Gasteiger partial charge on any atom is -0.481 e. The molecule has 34 nitrogen and oxygen atoms in total. The van der Waals surface area contributed by atoms with Crippen molar-refractivity contribution in [2.24, 2.45) is 5.41 Å². The number of anilines is 2. The summed E-state index contributed by atoms with van der Waals surface area (Å²) in [4.78, 5) is 146. The number of imidazole rings is 1. The van der Waals surface area contributed by atoms with E-state index in [0.717, 1.165) is 29.0 Å². The molecule has 1 fully saturated rings. The molecule has 82 heavy (non-hydrogen) atoms. The summed E-state index contributed by atoms with van der Waals surface area (Å²) in [6.07, 6.45) is -8.28. The number of amides is 3. The molecule has 5 aromatic rings. The molecule has 446 valence electrons. The molecule has 3 aromatic heterocycles. The zero-order valence-corrected chi connectivity index (χ0v) is 46.4. The van der Waals surface area contributed by atoms with Crippen LogP contribution >= 0.6 is 35.2 Å². The number of carboxylic acids is 2. The van der Waals surface area contributed by atoms with Crippen LogP contribution in [0.2, 0.25) is 0 Å². The van der Waals surface area contributed by atoms with Crippen LogP contribution in [0.3, 0.4) is 0 Å². The molecule has 6 rings (SSSR count). The third-order valence-corrected chi connectivity index (χ3v) is 16.2. The quantitative estimate of drug-likeness (QED) is 0.0213. The second-order valence-electron chi connectivity index (χ2n) is 18.7. The number of fused-ring (bicyclic) bond motifs is 2. The van der Waals surface area contributed by atoms with Gasteiger partial charge in [0.25, 0.3) is 11.5 Å². The topological polar surface area (TPSA) is 539 Å². The summed E-state index contributed by atoms with van der Waals surface area (Å²) in [5.41, 5.74) is 10.5. The number of aliphatic carboxylic acids is 2. The van der Waals surface area contributed by atoms with Crippen LogP contribution in [0.1, 0.15) is 66.7 Å². The molecule has 16 N–H and O–H groups in total. The van der Waals surface area contributed by atoms with Gasteiger partial charge < -0.3 is 72.2 Å². The first-order chi connectivity index (χ1) is 38.3. The van der Waals surface area contributed by atoms with Gasteiger partial charge in [-0.1, -0.05) is 43.8 Å². The van der Waals surface area contributed by atoms with E-state index in [2.05, 4.69) is 49.7 Å². The number of nitrogens with two attached hydrogens (primary N) is 2. The Hall–Kier alpha value is -6.65. The van der Waals surface area contributed by atoms with E-state index in [0.29, 0.717) is 16.6 Å². The van der Waals surface area contributed by atoms with E-state index < -0.39 is 131 Å². The predicted molar refractivity (Wildman–Crippen MR) is 283 cm³/mol. The Morgan fingerprint density at radius 1 is 0.927 bits per heavy atom. The van der Waals surface area contributed by atoms with Crippen LogP contribution in [-0.2, 0) is 66.7 Å². The number of hydrogen-bond acceptors (Lipinski definition) is 24. The summed E-state index contributed by atoms with van der Waals surface area (Å²) in [5, 5.41) is 47.2. The van der Waals surface area contributed by atoms with Crippen molar-refractivity contribution in [1.82, 2.24) is 45.4 Å². The number of H-pyrrole nitrogens is 1. The van der Waals surface area contributed by atoms with Crippen molar-refractivity contribution in [1.29, 1.82) is 0 Å². The van der Waals surface area contributed by atoms with Crippen LogP contribution in [0.15, 0.2) is 59.9 Å². The summed E-state index contributed by atoms with van der Waals surface area (Å²) in [6, 6.07) is 8.89. The Labute approximate surface area is 466 Å². The Balaban J connectivity index is 0.967. The molecular weight excluding hydrogens is 1180 g/mol. The maximum Gasteiger partial charge on any atom is 0.481 e. The van der Waals surface area contributed by atoms with Gasteiger partial charge in [-0.3, -0.25) is 51.9 Å². The number of nitrogens with one attached hydrogen (secondary N) is 4. The van der Waals surface area contributed by atoms with Crippen molar-refractivity contribution >= 4 is 104 Å². The van der Waals surface area contributed by atoms with Crippen LogP contribution in [-0.4, -0.2) is 167 Å². The molecule has 9 unspecified atom stereocenters. The lowest BCUT2D eigenvalue weighted by molar-refractivity contribution is -0.141. The maximum absolute atomic E-state index is 13.9. The molecular formula is C44H56N11O23P3S. The fraction of sp³-hybridized carbons (Fsp3) is 0.432. The van der Waals surface area contributed by atoms with Crippen molar-refractivity contribution in [2.75, 3.05) is 43.5 Å². The van der Waals surface area contributed by atoms with Gasteiger partial charge in [-0.25, -0.2) is 38.4 Å². The Morgan fingerprint density at radius 3 is 2.29 bits per heavy atom. The van der Waals surface area contributed by atoms with Gasteiger partial charge in [0.15, 0.2) is 22.8 Å². The monoisotopic (exact) mass is 1230 g/mol. The number of aliphatic hydroxyl groups excluding tert-OH is 2. The van der Waals surface area contributed by atoms with E-state index in [4.69, 9.17) is 30.4 Å². The second kappa shape index (κ2) is 27.2. The first kappa shape index (κ1) is 64.5. The number of aliphatic hydroxyl groups is 2. The fourth-order valence-electron chi connectivity index (χ4n) is 7.92. The van der Waals surface area contributed by atoms with Gasteiger partial charge in [-0.05, 0) is 48.2 Å². The highest BCUT2D eigenvalue weighted by atomic mass is 32.2. The summed E-state index contributed by atoms with van der Waals surface area (Å²) < 4.78 is 62.7. The molecule has 2 aromatic carbocycles. The van der Waals surface area contributed by atoms with Crippen LogP contribution in [0, 0.1) is 5.41 Å². The van der Waals surface area contributed by atoms with Crippen LogP contribution < -0.4 is 33.0 Å². The molecule has 1 saturated heterocycles. The van der Waals surface area contributed by atoms with Crippen molar-refractivity contribution in [3.05, 3.63) is 82.2 Å². The number of carbonyl (C=O) groups is 6. The average Bonchev–Trinajstić information content (AvgIpc) is 4.02. The molecule has 0 bridgehead atoms. The third-order valence-electron chi connectivity index (χ3n) is 12.1. The summed E-state index contributed by atoms with van der Waals surface area (Å²) >= 11 is 0.842. The van der Waals surface area contributed by atoms with E-state index in [-0.39, 0.29) is 72.0 Å². The molecule has 3 amide bonds. The third kappa shape index (κ3) is 17.7. The van der Waals surface area contributed by atoms with Crippen molar-refractivity contribution in [3.8, 4) is 0 Å². The molecule has 4 heterocycles. The van der Waals surface area contributed by atoms with Gasteiger partial charge in [0.1, 0.15) is 42.3 Å². The minimum absolute atomic E-state index is 0.00228. The lowest BCUT2D eigenvalue weighted by atomic mass is 9.87. The van der Waals surface area contributed by atoms with Crippen LogP contribution in [0.25, 0.3) is 22.1 Å². The minimum atomic E-state index is -5.66. The molecule has 0 saturated carbocycles. The number of phosphoric acid groups is 3. The number of carboxylic acid groups (broad SMARTS) is 2. The van der Waals surface area contributed by atoms with Gasteiger partial charge in [0, 0.05) is 42.7 Å². The molecule has 0 aliphatic carbocycles. The lowest BCUT2D eigenvalue weighted by Gasteiger charge is -2.30. The van der Waals surface area contributed by atoms with E-state index in [9.17, 15) is 82.2 Å². The lowest BCUT2D eigenvalue weighted by Crippen LogP contribution is -2.46. The van der Waals surface area contributed by atoms with E-state index in [1.807, 2.05) is 0 Å². The average molecular weight is 1230 g/mol. The number of benzene rings is 2. The van der Waals surface area contributed by atoms with Crippen LogP contribution in [0.5, 0.6) is 0 Å². The first-order valence-corrected chi connectivity index (χ1v) is 29.5. The van der Waals surface area contributed by atoms with Gasteiger partial charge in [-0.15, -0.1) is 0 Å². The Kier molecular flexibility index (Phi) is 21.4. The maximum atomic E-state index is 13.9. The highest BCUT2D eigenvalue weighted by molar-refractivity contribution is 8.13. The number of aromatic nitrogens is 6. The zero-order chi connectivity index (χ0) is 60.5. The Bertz CT molecular complexity index is 3400. The second-order valence-corrected chi connectivity index (χ2v) is 24.0. The molecule has 9 atom stereocenters. The van der Waals surface area contributed by atoms with Crippen LogP contribution in [0.4, 0.5) is 11.8 Å². The van der Waals surface area contributed by atoms with E-state index in [1.165, 1.54) is 44.2 Å². The molecule has 38 heteroatoms. The van der Waals surface area contributed by atoms with Crippen molar-refractivity contribution in [3.63, 3.8) is 0 Å². The van der Waals surface area contributed by atoms with Crippen molar-refractivity contribution in [2.45, 2.75) is 82.1 Å². The zero-order valence-electron chi connectivity index (χ0n) is 42.9. The molecule has 0 radical (unpaired) electrons. The van der Waals surface area contributed by atoms with E-state index >= 15 is 0 Å². The number of aromatic amines is 1. The first-order valence-electron chi connectivity index (χ1n) is 24.0. The molecule has 1 aliphatic heterocycles. The van der Waals surface area contributed by atoms with Crippen molar-refractivity contribution < 1.29 is 105 Å². The largest absolute Gasteiger partial charge is 0.481 e. The van der Waals surface area contributed by atoms with Gasteiger partial charge in [-0.2, -0.15) is 4.31 Å². The number of ether oxygens (including phenoxy) is 1. The number of nitrogen functional groups attached to an aromatic ring is 2. The van der Waals surface area contributed by atoms with E-state index in [1.54, 1.807) is 12.1 Å². The summed E-state index contributed by atoms with van der Waals surface area (Å²) in [5.74, 6) is -6.22. The molecule has 1 aliphatic rings. The molecule has 0 spiro atoms. The summed E-state index contributed by atoms with van der Waals surface area (Å²) in [7, 11) is -16.6. The number of carbonyl (C=O) groups excluding carboxylic acids is 4. The predicted octanol–water partition coefficient (Wildman–Crippen LogP) is -0.442. The number of nitrogens with zero attached hydrogens (tertiary/aromatic N) is 5. The standard InChI is InChI=1S/C44H56N11O23P3S/c1-44(2,18-75-81(72,73)78-80(70,71)74-17-28-33(77-79(67,68)69)32(59)40(76-28)55-20-51-31-35(45)49-19-50-36(31)55)34(60)39(63)48-12-11-29(56)47-13-14-82-42(66)24(15-21-3-8-26-25(16-21)38(62)54-43(46)53-26)22-4-6-23(7-5-22)37(61)52-27(41(64)65)9-10-30(57)58/h3-8,16,19-20,24,27-28,32-34,40,59-60H,9-15,17-18H2,1-2H3,(H,47,56)(H,48,63)(H,52,61)(H,57,58)(H,64,65)(H,70,71)(H,72,73)(H2,45,49,50)(H2,67,68,69)(H3,46,53,54,62). The normalized spacial score (nSPS) is 19.1. The smallest absolute Gasteiger partial charge is 0.481 e. The van der Waals surface area contributed by atoms with Gasteiger partial charge in [0.05, 0.1) is 36.4 Å². The SMILES string of the molecule is CC(C)(COP(=O)(O)OP(=O)(O)OCC1OC(n2cnc3c(N)ncnc32)C(O)C1OP(=O)(O)O)C(O)C(=O)NCCC(=O)NCCSC(=O)C(Cc1ccc2nc(N)[nH]c(=O)c2c1)c1ccc(C(=O)NC(CCC(=O)O)C(=O)O)cc1. The highest BCUT2D eigenvalue weighted by Crippen LogP contribution is 2.61. The number of thioether (sulfide) groups is 1. The summed E-state index contributed by atoms with van der Waals surface area (Å²) in [6.45, 7) is -0.149. The Morgan fingerprint density at radius 2 is 1.62 bits per heavy atom. The number of phosphoric ester groups is 3. The van der Waals surface area contributed by atoms with Gasteiger partial charge in [0.2, 0.25) is 17.8 Å².